The van der Waals surface area contributed by atoms with Crippen molar-refractivity contribution in [2.45, 2.75) is 26.0 Å². The lowest BCUT2D eigenvalue weighted by Crippen LogP contribution is -2.39. The number of carbonyl (C=O) groups is 1. The first-order valence-electron chi connectivity index (χ1n) is 6.84. The van der Waals surface area contributed by atoms with E-state index in [0.717, 1.165) is 5.69 Å². The first-order valence-corrected chi connectivity index (χ1v) is 7.64. The van der Waals surface area contributed by atoms with Crippen LogP contribution in [0.25, 0.3) is 0 Å². The van der Waals surface area contributed by atoms with E-state index in [0.29, 0.717) is 22.5 Å². The molecule has 1 atom stereocenters. The fourth-order valence-corrected chi connectivity index (χ4v) is 2.84. The van der Waals surface area contributed by atoms with Crippen LogP contribution in [0.2, 0.25) is 0 Å². The van der Waals surface area contributed by atoms with Crippen molar-refractivity contribution in [3.63, 3.8) is 0 Å². The molecule has 6 heteroatoms. The van der Waals surface area contributed by atoms with Gasteiger partial charge >= 0.3 is 0 Å². The molecule has 1 aliphatic rings. The molecule has 0 saturated carbocycles. The van der Waals surface area contributed by atoms with Crippen LogP contribution < -0.4 is 10.1 Å². The van der Waals surface area contributed by atoms with Gasteiger partial charge in [0.05, 0.1) is 22.9 Å². The Bertz CT molecular complexity index is 681. The van der Waals surface area contributed by atoms with E-state index in [1.165, 1.54) is 0 Å². The van der Waals surface area contributed by atoms with Crippen molar-refractivity contribution < 1.29 is 9.53 Å². The van der Waals surface area contributed by atoms with Gasteiger partial charge in [-0.25, -0.2) is 0 Å². The minimum atomic E-state index is -0.551. The third-order valence-electron chi connectivity index (χ3n) is 3.40. The number of rotatable bonds is 3. The quantitative estimate of drug-likeness (QED) is 0.864. The highest BCUT2D eigenvalue weighted by molar-refractivity contribution is 9.10. The molecule has 3 rings (SSSR count). The van der Waals surface area contributed by atoms with Gasteiger partial charge in [-0.2, -0.15) is 5.10 Å². The summed E-state index contributed by atoms with van der Waals surface area (Å²) < 4.78 is 8.25. The molecule has 0 amide bonds. The Labute approximate surface area is 131 Å². The summed E-state index contributed by atoms with van der Waals surface area (Å²) in [4.78, 5) is 12.8. The van der Waals surface area contributed by atoms with Crippen molar-refractivity contribution in [1.82, 2.24) is 9.78 Å². The molecular weight excluding hydrogens is 334 g/mol. The highest BCUT2D eigenvalue weighted by atomic mass is 79.9. The minimum absolute atomic E-state index is 0.0740. The molecular formula is C15H16BrN3O2. The zero-order chi connectivity index (χ0) is 15.0. The zero-order valence-electron chi connectivity index (χ0n) is 11.8. The number of halogens is 1. The number of para-hydroxylation sites is 2. The van der Waals surface area contributed by atoms with E-state index in [4.69, 9.17) is 4.74 Å². The molecule has 0 fully saturated rings. The van der Waals surface area contributed by atoms with Gasteiger partial charge < -0.3 is 10.1 Å². The molecule has 0 spiro atoms. The maximum Gasteiger partial charge on any atom is 0.224 e. The lowest BCUT2D eigenvalue weighted by atomic mass is 10.1. The van der Waals surface area contributed by atoms with Crippen LogP contribution in [-0.2, 0) is 0 Å². The van der Waals surface area contributed by atoms with Gasteiger partial charge in [-0.05, 0) is 41.9 Å². The number of ketones is 1. The number of hydrogen-bond donors (Lipinski definition) is 1. The summed E-state index contributed by atoms with van der Waals surface area (Å²) >= 11 is 3.40. The largest absolute Gasteiger partial charge is 0.478 e. The molecule has 1 unspecified atom stereocenters. The molecule has 21 heavy (non-hydrogen) atoms. The fraction of sp³-hybridized carbons (Fsp3) is 0.333. The topological polar surface area (TPSA) is 56.2 Å². The van der Waals surface area contributed by atoms with Gasteiger partial charge in [-0.3, -0.25) is 9.48 Å². The number of hydrogen-bond acceptors (Lipinski definition) is 4. The first kappa shape index (κ1) is 14.1. The summed E-state index contributed by atoms with van der Waals surface area (Å²) in [6.07, 6.45) is 1.10. The maximum atomic E-state index is 12.8. The van der Waals surface area contributed by atoms with Gasteiger partial charge in [0.25, 0.3) is 0 Å². The highest BCUT2D eigenvalue weighted by Gasteiger charge is 2.31. The van der Waals surface area contributed by atoms with Crippen molar-refractivity contribution in [2.24, 2.45) is 0 Å². The standard InChI is InChI=1S/C15H16BrN3O2/c1-9(2)19-14(10(16)7-18-19)15(20)13-8-17-11-5-3-4-6-12(11)21-13/h3-7,9,13,17H,8H2,1-2H3. The lowest BCUT2D eigenvalue weighted by molar-refractivity contribution is 0.0787. The van der Waals surface area contributed by atoms with E-state index < -0.39 is 6.10 Å². The molecule has 2 aromatic rings. The maximum absolute atomic E-state index is 12.8. The van der Waals surface area contributed by atoms with Crippen molar-refractivity contribution in [3.8, 4) is 5.75 Å². The SMILES string of the molecule is CC(C)n1ncc(Br)c1C(=O)C1CNc2ccccc2O1. The molecule has 2 heterocycles. The number of anilines is 1. The van der Waals surface area contributed by atoms with E-state index in [1.54, 1.807) is 10.9 Å². The Kier molecular flexibility index (Phi) is 3.71. The summed E-state index contributed by atoms with van der Waals surface area (Å²) in [6, 6.07) is 7.73. The summed E-state index contributed by atoms with van der Waals surface area (Å²) in [6.45, 7) is 4.43. The third-order valence-corrected chi connectivity index (χ3v) is 3.98. The zero-order valence-corrected chi connectivity index (χ0v) is 13.4. The van der Waals surface area contributed by atoms with Crippen molar-refractivity contribution in [1.29, 1.82) is 0 Å². The van der Waals surface area contributed by atoms with Gasteiger partial charge in [0.1, 0.15) is 11.4 Å². The number of nitrogens with zero attached hydrogens (tertiary/aromatic N) is 2. The number of Topliss-reactive ketones (excluding diaryl/α,β-unsaturated/α-hetero) is 1. The van der Waals surface area contributed by atoms with Crippen molar-refractivity contribution in [3.05, 3.63) is 40.6 Å². The van der Waals surface area contributed by atoms with Gasteiger partial charge in [-0.15, -0.1) is 0 Å². The second kappa shape index (κ2) is 5.52. The van der Waals surface area contributed by atoms with Crippen LogP contribution in [0, 0.1) is 0 Å². The molecule has 5 nitrogen and oxygen atoms in total. The predicted molar refractivity (Wildman–Crippen MR) is 84.0 cm³/mol. The van der Waals surface area contributed by atoms with E-state index in [-0.39, 0.29) is 11.8 Å². The molecule has 0 bridgehead atoms. The summed E-state index contributed by atoms with van der Waals surface area (Å²) in [5, 5.41) is 7.48. The van der Waals surface area contributed by atoms with Crippen LogP contribution in [-0.4, -0.2) is 28.2 Å². The second-order valence-corrected chi connectivity index (χ2v) is 6.08. The first-order chi connectivity index (χ1) is 10.1. The van der Waals surface area contributed by atoms with Crippen molar-refractivity contribution in [2.75, 3.05) is 11.9 Å². The molecule has 0 radical (unpaired) electrons. The van der Waals surface area contributed by atoms with E-state index in [9.17, 15) is 4.79 Å². The normalized spacial score (nSPS) is 17.0. The summed E-state index contributed by atoms with van der Waals surface area (Å²) in [5.74, 6) is 0.629. The summed E-state index contributed by atoms with van der Waals surface area (Å²) in [7, 11) is 0. The van der Waals surface area contributed by atoms with Gasteiger partial charge in [0, 0.05) is 6.04 Å². The van der Waals surface area contributed by atoms with Crippen LogP contribution in [0.4, 0.5) is 5.69 Å². The van der Waals surface area contributed by atoms with Gasteiger partial charge in [0.15, 0.2) is 6.10 Å². The van der Waals surface area contributed by atoms with Crippen LogP contribution in [0.15, 0.2) is 34.9 Å². The van der Waals surface area contributed by atoms with Crippen LogP contribution in [0.3, 0.4) is 0 Å². The smallest absolute Gasteiger partial charge is 0.224 e. The van der Waals surface area contributed by atoms with E-state index in [2.05, 4.69) is 26.3 Å². The predicted octanol–water partition coefficient (Wildman–Crippen LogP) is 3.28. The molecule has 110 valence electrons. The molecule has 1 aromatic carbocycles. The average Bonchev–Trinajstić information content (AvgIpc) is 2.88. The number of nitrogens with one attached hydrogen (secondary N) is 1. The Balaban J connectivity index is 1.89. The number of carbonyl (C=O) groups excluding carboxylic acids is 1. The van der Waals surface area contributed by atoms with E-state index >= 15 is 0 Å². The van der Waals surface area contributed by atoms with Crippen molar-refractivity contribution >= 4 is 27.4 Å². The molecule has 1 aliphatic heterocycles. The number of benzene rings is 1. The fourth-order valence-electron chi connectivity index (χ4n) is 2.38. The Morgan fingerprint density at radius 3 is 3.00 bits per heavy atom. The monoisotopic (exact) mass is 349 g/mol. The summed E-state index contributed by atoms with van der Waals surface area (Å²) in [5.41, 5.74) is 1.47. The molecule has 1 aromatic heterocycles. The number of aromatic nitrogens is 2. The second-order valence-electron chi connectivity index (χ2n) is 5.23. The molecule has 0 aliphatic carbocycles. The van der Waals surface area contributed by atoms with Gasteiger partial charge in [-0.1, -0.05) is 12.1 Å². The Morgan fingerprint density at radius 2 is 2.24 bits per heavy atom. The molecule has 1 N–H and O–H groups in total. The minimum Gasteiger partial charge on any atom is -0.478 e. The van der Waals surface area contributed by atoms with E-state index in [1.807, 2.05) is 38.1 Å². The molecule has 0 saturated heterocycles. The number of ether oxygens (including phenoxy) is 1. The average molecular weight is 350 g/mol. The van der Waals surface area contributed by atoms with Crippen LogP contribution in [0.1, 0.15) is 30.4 Å². The van der Waals surface area contributed by atoms with Crippen LogP contribution in [0.5, 0.6) is 5.75 Å². The highest BCUT2D eigenvalue weighted by Crippen LogP contribution is 2.30. The Hall–Kier alpha value is -1.82. The lowest BCUT2D eigenvalue weighted by Gasteiger charge is -2.26. The van der Waals surface area contributed by atoms with Crippen LogP contribution >= 0.6 is 15.9 Å². The number of fused-ring (bicyclic) bond motifs is 1. The van der Waals surface area contributed by atoms with Gasteiger partial charge in [0.2, 0.25) is 5.78 Å². The Morgan fingerprint density at radius 1 is 1.48 bits per heavy atom. The third kappa shape index (κ3) is 2.55.